The van der Waals surface area contributed by atoms with Crippen LogP contribution < -0.4 is 5.32 Å². The highest BCUT2D eigenvalue weighted by molar-refractivity contribution is 7.91. The van der Waals surface area contributed by atoms with Crippen molar-refractivity contribution in [2.24, 2.45) is 11.8 Å². The fourth-order valence-electron chi connectivity index (χ4n) is 4.13. The number of amides is 1. The molecule has 2 atom stereocenters. The molecular weight excluding hydrogens is 422 g/mol. The molecule has 31 heavy (non-hydrogen) atoms. The van der Waals surface area contributed by atoms with Crippen LogP contribution in [-0.2, 0) is 22.9 Å². The molecule has 0 aromatic heterocycles. The minimum Gasteiger partial charge on any atom is -0.348 e. The molecule has 2 aromatic carbocycles. The number of benzene rings is 2. The number of halogens is 2. The van der Waals surface area contributed by atoms with E-state index in [1.807, 2.05) is 12.1 Å². The summed E-state index contributed by atoms with van der Waals surface area (Å²) in [5.41, 5.74) is 2.37. The SMILES string of the molecule is CC1CC(C)CN(Cc2ccc(CNC(=O)c3ccc(S(=O)(=O)C(F)F)cc3)cc2)C1. The molecule has 168 valence electrons. The summed E-state index contributed by atoms with van der Waals surface area (Å²) < 4.78 is 48.1. The van der Waals surface area contributed by atoms with Crippen LogP contribution in [-0.4, -0.2) is 38.1 Å². The van der Waals surface area contributed by atoms with Gasteiger partial charge in [0.05, 0.1) is 4.90 Å². The Balaban J connectivity index is 1.53. The predicted molar refractivity (Wildman–Crippen MR) is 115 cm³/mol. The van der Waals surface area contributed by atoms with Crippen molar-refractivity contribution in [3.05, 3.63) is 65.2 Å². The summed E-state index contributed by atoms with van der Waals surface area (Å²) in [4.78, 5) is 14.3. The van der Waals surface area contributed by atoms with Crippen LogP contribution in [0.2, 0.25) is 0 Å². The summed E-state index contributed by atoms with van der Waals surface area (Å²) in [6, 6.07) is 12.6. The van der Waals surface area contributed by atoms with Gasteiger partial charge in [0, 0.05) is 31.7 Å². The molecule has 8 heteroatoms. The Morgan fingerprint density at radius 3 is 2.10 bits per heavy atom. The molecule has 1 N–H and O–H groups in total. The topological polar surface area (TPSA) is 66.5 Å². The van der Waals surface area contributed by atoms with Crippen LogP contribution in [0.3, 0.4) is 0 Å². The molecule has 3 rings (SSSR count). The highest BCUT2D eigenvalue weighted by Crippen LogP contribution is 2.22. The third-order valence-electron chi connectivity index (χ3n) is 5.51. The monoisotopic (exact) mass is 450 g/mol. The smallest absolute Gasteiger partial charge is 0.341 e. The molecule has 2 aromatic rings. The summed E-state index contributed by atoms with van der Waals surface area (Å²) in [6.07, 6.45) is 1.28. The fraction of sp³-hybridized carbons (Fsp3) is 0.435. The number of hydrogen-bond acceptors (Lipinski definition) is 4. The lowest BCUT2D eigenvalue weighted by Crippen LogP contribution is -2.38. The Hall–Kier alpha value is -2.32. The Morgan fingerprint density at radius 2 is 1.55 bits per heavy atom. The quantitative estimate of drug-likeness (QED) is 0.690. The van der Waals surface area contributed by atoms with Gasteiger partial charge in [-0.3, -0.25) is 9.69 Å². The van der Waals surface area contributed by atoms with Crippen LogP contribution in [0.15, 0.2) is 53.4 Å². The second-order valence-electron chi connectivity index (χ2n) is 8.47. The maximum absolute atomic E-state index is 12.6. The van der Waals surface area contributed by atoms with Crippen LogP contribution in [0, 0.1) is 11.8 Å². The van der Waals surface area contributed by atoms with Crippen LogP contribution >= 0.6 is 0 Å². The van der Waals surface area contributed by atoms with E-state index < -0.39 is 26.4 Å². The first-order valence-corrected chi connectivity index (χ1v) is 11.9. The van der Waals surface area contributed by atoms with E-state index >= 15 is 0 Å². The lowest BCUT2D eigenvalue weighted by atomic mass is 9.91. The van der Waals surface area contributed by atoms with Gasteiger partial charge in [-0.05, 0) is 53.6 Å². The highest BCUT2D eigenvalue weighted by Gasteiger charge is 2.26. The second kappa shape index (κ2) is 9.87. The summed E-state index contributed by atoms with van der Waals surface area (Å²) in [5.74, 6) is -2.47. The first-order valence-electron chi connectivity index (χ1n) is 10.4. The number of nitrogens with zero attached hydrogens (tertiary/aromatic N) is 1. The van der Waals surface area contributed by atoms with Crippen molar-refractivity contribution in [1.82, 2.24) is 10.2 Å². The predicted octanol–water partition coefficient (Wildman–Crippen LogP) is 4.09. The summed E-state index contributed by atoms with van der Waals surface area (Å²) in [7, 11) is -4.66. The van der Waals surface area contributed by atoms with Gasteiger partial charge in [0.2, 0.25) is 9.84 Å². The standard InChI is InChI=1S/C23H28F2N2O3S/c1-16-11-17(2)14-27(13-16)15-19-5-3-18(4-6-19)12-26-22(28)20-7-9-21(10-8-20)31(29,30)23(24)25/h3-10,16-17,23H,11-15H2,1-2H3,(H,26,28). The third kappa shape index (κ3) is 6.11. The van der Waals surface area contributed by atoms with Crippen LogP contribution in [0.25, 0.3) is 0 Å². The number of hydrogen-bond donors (Lipinski definition) is 1. The molecule has 2 unspecified atom stereocenters. The molecule has 0 spiro atoms. The lowest BCUT2D eigenvalue weighted by Gasteiger charge is -2.35. The van der Waals surface area contributed by atoms with E-state index in [0.717, 1.165) is 37.3 Å². The van der Waals surface area contributed by atoms with Crippen LogP contribution in [0.1, 0.15) is 41.8 Å². The van der Waals surface area contributed by atoms with Gasteiger partial charge in [0.1, 0.15) is 0 Å². The zero-order valence-corrected chi connectivity index (χ0v) is 18.5. The highest BCUT2D eigenvalue weighted by atomic mass is 32.2. The van der Waals surface area contributed by atoms with Gasteiger partial charge < -0.3 is 5.32 Å². The number of nitrogens with one attached hydrogen (secondary N) is 1. The number of likely N-dealkylation sites (tertiary alicyclic amines) is 1. The lowest BCUT2D eigenvalue weighted by molar-refractivity contribution is 0.0951. The third-order valence-corrected chi connectivity index (χ3v) is 6.90. The molecule has 0 aliphatic carbocycles. The van der Waals surface area contributed by atoms with Crippen LogP contribution in [0.5, 0.6) is 0 Å². The minimum absolute atomic E-state index is 0.207. The fourth-order valence-corrected chi connectivity index (χ4v) is 4.85. The first-order chi connectivity index (χ1) is 14.6. The first kappa shape index (κ1) is 23.3. The zero-order valence-electron chi connectivity index (χ0n) is 17.7. The molecule has 5 nitrogen and oxygen atoms in total. The van der Waals surface area contributed by atoms with Crippen molar-refractivity contribution >= 4 is 15.7 Å². The normalized spacial score (nSPS) is 20.0. The van der Waals surface area contributed by atoms with E-state index in [-0.39, 0.29) is 5.56 Å². The molecule has 1 fully saturated rings. The van der Waals surface area contributed by atoms with Crippen molar-refractivity contribution < 1.29 is 22.0 Å². The average molecular weight is 451 g/mol. The number of alkyl halides is 2. The summed E-state index contributed by atoms with van der Waals surface area (Å²) in [5, 5.41) is 2.76. The maximum Gasteiger partial charge on any atom is 0.341 e. The van der Waals surface area contributed by atoms with Gasteiger partial charge in [-0.25, -0.2) is 8.42 Å². The molecule has 0 saturated carbocycles. The number of carbonyl (C=O) groups is 1. The van der Waals surface area contributed by atoms with Gasteiger partial charge >= 0.3 is 5.76 Å². The molecule has 1 aliphatic rings. The van der Waals surface area contributed by atoms with Crippen molar-refractivity contribution in [2.45, 2.75) is 44.0 Å². The Kier molecular flexibility index (Phi) is 7.43. The van der Waals surface area contributed by atoms with Gasteiger partial charge in [-0.1, -0.05) is 38.1 Å². The number of carbonyl (C=O) groups excluding carboxylic acids is 1. The van der Waals surface area contributed by atoms with Crippen molar-refractivity contribution in [2.75, 3.05) is 13.1 Å². The molecule has 1 amide bonds. The summed E-state index contributed by atoms with van der Waals surface area (Å²) in [6.45, 7) is 8.03. The number of sulfone groups is 1. The van der Waals surface area contributed by atoms with E-state index in [1.54, 1.807) is 0 Å². The molecule has 0 radical (unpaired) electrons. The van der Waals surface area contributed by atoms with E-state index in [2.05, 4.69) is 36.2 Å². The molecule has 1 heterocycles. The van der Waals surface area contributed by atoms with Gasteiger partial charge in [-0.2, -0.15) is 8.78 Å². The molecule has 1 saturated heterocycles. The zero-order chi connectivity index (χ0) is 22.6. The van der Waals surface area contributed by atoms with Gasteiger partial charge in [0.25, 0.3) is 5.91 Å². The molecule has 0 bridgehead atoms. The average Bonchev–Trinajstić information content (AvgIpc) is 2.72. The minimum atomic E-state index is -4.66. The maximum atomic E-state index is 12.6. The van der Waals surface area contributed by atoms with Crippen molar-refractivity contribution in [3.63, 3.8) is 0 Å². The summed E-state index contributed by atoms with van der Waals surface area (Å²) >= 11 is 0. The number of piperidine rings is 1. The molecule has 1 aliphatic heterocycles. The Labute approximate surface area is 182 Å². The van der Waals surface area contributed by atoms with E-state index in [9.17, 15) is 22.0 Å². The molecular formula is C23H28F2N2O3S. The van der Waals surface area contributed by atoms with Crippen LogP contribution in [0.4, 0.5) is 8.78 Å². The number of rotatable bonds is 7. The Bertz CT molecular complexity index is 982. The van der Waals surface area contributed by atoms with E-state index in [0.29, 0.717) is 18.4 Å². The van der Waals surface area contributed by atoms with E-state index in [1.165, 1.54) is 24.1 Å². The largest absolute Gasteiger partial charge is 0.348 e. The Morgan fingerprint density at radius 1 is 1.00 bits per heavy atom. The van der Waals surface area contributed by atoms with Crippen molar-refractivity contribution in [3.8, 4) is 0 Å². The van der Waals surface area contributed by atoms with Gasteiger partial charge in [0.15, 0.2) is 0 Å². The van der Waals surface area contributed by atoms with Crippen molar-refractivity contribution in [1.29, 1.82) is 0 Å². The van der Waals surface area contributed by atoms with E-state index in [4.69, 9.17) is 0 Å². The van der Waals surface area contributed by atoms with Gasteiger partial charge in [-0.15, -0.1) is 0 Å². The second-order valence-corrected chi connectivity index (χ2v) is 10.4.